The number of hydrogen-bond acceptors (Lipinski definition) is 15. The van der Waals surface area contributed by atoms with Crippen LogP contribution in [0.1, 0.15) is 59.3 Å². The molecule has 0 fully saturated rings. The molecular formula is C36H75BO15. The van der Waals surface area contributed by atoms with E-state index in [1.807, 2.05) is 0 Å². The summed E-state index contributed by atoms with van der Waals surface area (Å²) in [7, 11) is -0.881. The second-order valence-electron chi connectivity index (χ2n) is 11.3. The zero-order valence-electron chi connectivity index (χ0n) is 33.0. The lowest BCUT2D eigenvalue weighted by molar-refractivity contribution is -0.0187. The second-order valence-corrected chi connectivity index (χ2v) is 11.3. The molecule has 0 heterocycles. The van der Waals surface area contributed by atoms with Gasteiger partial charge in [0.15, 0.2) is 0 Å². The largest absolute Gasteiger partial charge is 0.639 e. The molecule has 0 aliphatic heterocycles. The van der Waals surface area contributed by atoms with Gasteiger partial charge in [-0.2, -0.15) is 0 Å². The third kappa shape index (κ3) is 45.6. The summed E-state index contributed by atoms with van der Waals surface area (Å²) in [5.74, 6) is 0. The minimum Gasteiger partial charge on any atom is -0.383 e. The van der Waals surface area contributed by atoms with Crippen LogP contribution in [0.4, 0.5) is 0 Å². The van der Waals surface area contributed by atoms with Crippen LogP contribution in [0.25, 0.3) is 0 Å². The molecule has 0 unspecified atom stereocenters. The van der Waals surface area contributed by atoms with Crippen LogP contribution in [-0.2, 0) is 70.8 Å². The van der Waals surface area contributed by atoms with E-state index in [0.717, 1.165) is 58.3 Å². The lowest BCUT2D eigenvalue weighted by Crippen LogP contribution is -2.32. The predicted molar refractivity (Wildman–Crippen MR) is 198 cm³/mol. The minimum absolute atomic E-state index is 0.287. The lowest BCUT2D eigenvalue weighted by Gasteiger charge is -2.15. The molecular weight excluding hydrogens is 683 g/mol. The molecule has 312 valence electrons. The molecule has 0 aliphatic carbocycles. The highest BCUT2D eigenvalue weighted by molar-refractivity contribution is 6.36. The van der Waals surface area contributed by atoms with Crippen molar-refractivity contribution in [2.75, 3.05) is 178 Å². The maximum atomic E-state index is 5.74. The highest BCUT2D eigenvalue weighted by atomic mass is 16.7. The number of rotatable bonds is 48. The van der Waals surface area contributed by atoms with Crippen LogP contribution >= 0.6 is 0 Å². The molecule has 16 heteroatoms. The lowest BCUT2D eigenvalue weighted by atomic mass is 10.2. The van der Waals surface area contributed by atoms with Gasteiger partial charge in [-0.05, 0) is 19.3 Å². The van der Waals surface area contributed by atoms with Crippen molar-refractivity contribution in [3.05, 3.63) is 0 Å². The zero-order chi connectivity index (χ0) is 37.5. The molecule has 52 heavy (non-hydrogen) atoms. The molecule has 0 aromatic carbocycles. The van der Waals surface area contributed by atoms with Gasteiger partial charge in [0.05, 0.1) is 159 Å². The normalized spacial score (nSPS) is 11.6. The van der Waals surface area contributed by atoms with E-state index in [1.54, 1.807) is 0 Å². The van der Waals surface area contributed by atoms with E-state index in [1.165, 1.54) is 0 Å². The Hall–Kier alpha value is -0.535. The van der Waals surface area contributed by atoms with E-state index < -0.39 is 7.32 Å². The summed E-state index contributed by atoms with van der Waals surface area (Å²) in [5, 5.41) is 0. The Bertz CT molecular complexity index is 549. The van der Waals surface area contributed by atoms with Gasteiger partial charge < -0.3 is 70.8 Å². The Kier molecular flexibility index (Phi) is 48.0. The molecule has 15 nitrogen and oxygen atoms in total. The first-order valence-electron chi connectivity index (χ1n) is 19.6. The van der Waals surface area contributed by atoms with E-state index >= 15 is 0 Å². The zero-order valence-corrected chi connectivity index (χ0v) is 33.0. The van der Waals surface area contributed by atoms with Gasteiger partial charge in [0.2, 0.25) is 0 Å². The Morgan fingerprint density at radius 1 is 0.212 bits per heavy atom. The van der Waals surface area contributed by atoms with Crippen molar-refractivity contribution in [1.29, 1.82) is 0 Å². The monoisotopic (exact) mass is 759 g/mol. The average molecular weight is 759 g/mol. The Morgan fingerprint density at radius 3 is 0.538 bits per heavy atom. The molecule has 0 spiro atoms. The molecule has 0 saturated carbocycles. The third-order valence-corrected chi connectivity index (χ3v) is 6.72. The molecule has 0 saturated heterocycles. The van der Waals surface area contributed by atoms with Crippen molar-refractivity contribution in [2.45, 2.75) is 59.3 Å². The van der Waals surface area contributed by atoms with Gasteiger partial charge >= 0.3 is 7.32 Å². The van der Waals surface area contributed by atoms with Crippen molar-refractivity contribution in [2.24, 2.45) is 0 Å². The highest BCUT2D eigenvalue weighted by Crippen LogP contribution is 1.96. The first kappa shape index (κ1) is 51.5. The summed E-state index contributed by atoms with van der Waals surface area (Å²) in [4.78, 5) is 0. The van der Waals surface area contributed by atoms with Crippen molar-refractivity contribution in [3.63, 3.8) is 0 Å². The van der Waals surface area contributed by atoms with Crippen molar-refractivity contribution in [1.82, 2.24) is 0 Å². The minimum atomic E-state index is -0.881. The van der Waals surface area contributed by atoms with Gasteiger partial charge in [-0.1, -0.05) is 40.0 Å². The number of ether oxygens (including phenoxy) is 12. The average Bonchev–Trinajstić information content (AvgIpc) is 3.15. The molecule has 0 aromatic heterocycles. The standard InChI is InChI=1S/C36H75BO15/c1-4-7-10-38-13-16-41-19-22-44-25-28-47-31-34-50-37(51-35-32-48-29-26-45-23-20-42-17-14-39-11-8-5-2)52-36-33-49-30-27-46-24-21-43-18-15-40-12-9-6-3/h4-36H2,1-3H3. The van der Waals surface area contributed by atoms with Crippen LogP contribution in [-0.4, -0.2) is 186 Å². The molecule has 0 bridgehead atoms. The topological polar surface area (TPSA) is 138 Å². The van der Waals surface area contributed by atoms with Crippen molar-refractivity contribution >= 4 is 7.32 Å². The van der Waals surface area contributed by atoms with E-state index in [2.05, 4.69) is 20.8 Å². The fourth-order valence-corrected chi connectivity index (χ4v) is 3.78. The van der Waals surface area contributed by atoms with Gasteiger partial charge in [0.25, 0.3) is 0 Å². The van der Waals surface area contributed by atoms with Crippen LogP contribution in [0.15, 0.2) is 0 Å². The molecule has 0 aromatic rings. The van der Waals surface area contributed by atoms with E-state index in [9.17, 15) is 0 Å². The van der Waals surface area contributed by atoms with Crippen LogP contribution < -0.4 is 0 Å². The second kappa shape index (κ2) is 48.5. The molecule has 0 radical (unpaired) electrons. The molecule has 0 rings (SSSR count). The van der Waals surface area contributed by atoms with Gasteiger partial charge in [0.1, 0.15) is 0 Å². The molecule has 0 atom stereocenters. The van der Waals surface area contributed by atoms with Gasteiger partial charge in [0, 0.05) is 19.8 Å². The smallest absolute Gasteiger partial charge is 0.383 e. The fourth-order valence-electron chi connectivity index (χ4n) is 3.78. The molecule has 0 aliphatic rings. The number of unbranched alkanes of at least 4 members (excludes halogenated alkanes) is 3. The van der Waals surface area contributed by atoms with E-state index in [4.69, 9.17) is 70.8 Å². The van der Waals surface area contributed by atoms with E-state index in [-0.39, 0.29) is 19.8 Å². The molecule has 0 N–H and O–H groups in total. The predicted octanol–water partition coefficient (Wildman–Crippen LogP) is 3.62. The Labute approximate surface area is 315 Å². The van der Waals surface area contributed by atoms with Crippen LogP contribution in [0.2, 0.25) is 0 Å². The third-order valence-electron chi connectivity index (χ3n) is 6.72. The van der Waals surface area contributed by atoms with Gasteiger partial charge in [-0.3, -0.25) is 0 Å². The Balaban J connectivity index is 3.94. The van der Waals surface area contributed by atoms with Crippen LogP contribution in [0, 0.1) is 0 Å². The fraction of sp³-hybridized carbons (Fsp3) is 1.00. The van der Waals surface area contributed by atoms with Crippen LogP contribution in [0.5, 0.6) is 0 Å². The summed E-state index contributed by atoms with van der Waals surface area (Å²) in [6, 6.07) is 0. The van der Waals surface area contributed by atoms with Crippen LogP contribution in [0.3, 0.4) is 0 Å². The Morgan fingerprint density at radius 2 is 0.365 bits per heavy atom. The highest BCUT2D eigenvalue weighted by Gasteiger charge is 2.21. The summed E-state index contributed by atoms with van der Waals surface area (Å²) in [6.07, 6.45) is 6.62. The number of hydrogen-bond donors (Lipinski definition) is 0. The van der Waals surface area contributed by atoms with Crippen molar-refractivity contribution in [3.8, 4) is 0 Å². The van der Waals surface area contributed by atoms with Crippen molar-refractivity contribution < 1.29 is 70.8 Å². The summed E-state index contributed by atoms with van der Waals surface area (Å²) >= 11 is 0. The summed E-state index contributed by atoms with van der Waals surface area (Å²) < 4.78 is 83.4. The summed E-state index contributed by atoms with van der Waals surface area (Å²) in [6.45, 7) is 20.1. The van der Waals surface area contributed by atoms with Gasteiger partial charge in [-0.25, -0.2) is 0 Å². The first-order valence-corrected chi connectivity index (χ1v) is 19.6. The first-order chi connectivity index (χ1) is 25.8. The van der Waals surface area contributed by atoms with Gasteiger partial charge in [-0.15, -0.1) is 0 Å². The maximum Gasteiger partial charge on any atom is 0.639 e. The maximum absolute atomic E-state index is 5.74. The SMILES string of the molecule is CCCCOCCOCCOCCOCCOB(OCCOCCOCCOCCOCCCC)OCCOCCOCCOCCOCCCC. The van der Waals surface area contributed by atoms with E-state index in [0.29, 0.717) is 139 Å². The summed E-state index contributed by atoms with van der Waals surface area (Å²) in [5.41, 5.74) is 0. The quantitative estimate of drug-likeness (QED) is 0.0659. The molecule has 0 amide bonds.